The van der Waals surface area contributed by atoms with Gasteiger partial charge in [0.15, 0.2) is 0 Å². The summed E-state index contributed by atoms with van der Waals surface area (Å²) in [6.45, 7) is 0.705. The van der Waals surface area contributed by atoms with Crippen LogP contribution < -0.4 is 10.9 Å². The number of benzene rings is 2. The molecular weight excluding hydrogens is 376 g/mol. The molecule has 138 valence electrons. The molecule has 1 amide bonds. The zero-order valence-electron chi connectivity index (χ0n) is 14.8. The Morgan fingerprint density at radius 1 is 1.14 bits per heavy atom. The van der Waals surface area contributed by atoms with Gasteiger partial charge in [0, 0.05) is 30.1 Å². The highest BCUT2D eigenvalue weighted by molar-refractivity contribution is 6.35. The molecule has 6 nitrogen and oxygen atoms in total. The first-order chi connectivity index (χ1) is 13.6. The number of pyridine rings is 1. The van der Waals surface area contributed by atoms with Gasteiger partial charge in [-0.1, -0.05) is 11.6 Å². The van der Waals surface area contributed by atoms with E-state index in [-0.39, 0.29) is 11.5 Å². The molecule has 0 unspecified atom stereocenters. The van der Waals surface area contributed by atoms with Gasteiger partial charge in [-0.3, -0.25) is 19.1 Å². The van der Waals surface area contributed by atoms with Crippen molar-refractivity contribution in [1.29, 1.82) is 0 Å². The zero-order chi connectivity index (χ0) is 19.3. The van der Waals surface area contributed by atoms with Crippen molar-refractivity contribution < 1.29 is 4.79 Å². The molecular formula is C21H15ClN4O2. The van der Waals surface area contributed by atoms with Crippen molar-refractivity contribution >= 4 is 45.0 Å². The number of aromatic nitrogens is 3. The molecule has 0 saturated carbocycles. The Morgan fingerprint density at radius 3 is 2.93 bits per heavy atom. The molecule has 0 bridgehead atoms. The minimum Gasteiger partial charge on any atom is -0.321 e. The molecule has 2 aromatic carbocycles. The van der Waals surface area contributed by atoms with E-state index in [1.807, 2.05) is 6.07 Å². The Morgan fingerprint density at radius 2 is 2.04 bits per heavy atom. The first-order valence-electron chi connectivity index (χ1n) is 9.00. The fraction of sp³-hybridized carbons (Fsp3) is 0.143. The maximum atomic E-state index is 12.8. The molecule has 1 N–H and O–H groups in total. The number of aryl methyl sites for hydroxylation is 1. The number of carbonyl (C=O) groups excluding carboxylic acids is 1. The minimum absolute atomic E-state index is 0.0424. The second-order valence-electron chi connectivity index (χ2n) is 6.77. The fourth-order valence-electron chi connectivity index (χ4n) is 3.67. The second-order valence-corrected chi connectivity index (χ2v) is 7.18. The summed E-state index contributed by atoms with van der Waals surface area (Å²) >= 11 is 6.19. The highest BCUT2D eigenvalue weighted by Gasteiger charge is 2.17. The van der Waals surface area contributed by atoms with E-state index < -0.39 is 0 Å². The van der Waals surface area contributed by atoms with Crippen molar-refractivity contribution in [2.75, 3.05) is 5.32 Å². The van der Waals surface area contributed by atoms with Crippen LogP contribution in [0.3, 0.4) is 0 Å². The molecule has 3 heterocycles. The van der Waals surface area contributed by atoms with Crippen molar-refractivity contribution in [1.82, 2.24) is 14.5 Å². The maximum Gasteiger partial charge on any atom is 0.261 e. The topological polar surface area (TPSA) is 76.9 Å². The van der Waals surface area contributed by atoms with Crippen LogP contribution in [0.2, 0.25) is 5.02 Å². The third-order valence-electron chi connectivity index (χ3n) is 5.05. The van der Waals surface area contributed by atoms with Crippen LogP contribution in [0.15, 0.2) is 53.5 Å². The monoisotopic (exact) mass is 390 g/mol. The summed E-state index contributed by atoms with van der Waals surface area (Å²) in [7, 11) is 0. The number of anilines is 1. The average Bonchev–Trinajstić information content (AvgIpc) is 3.19. The molecule has 1 aliphatic heterocycles. The van der Waals surface area contributed by atoms with Crippen LogP contribution in [0, 0.1) is 0 Å². The molecule has 5 rings (SSSR count). The van der Waals surface area contributed by atoms with E-state index in [0.717, 1.165) is 24.1 Å². The summed E-state index contributed by atoms with van der Waals surface area (Å²) in [4.78, 5) is 34.3. The Hall–Kier alpha value is -3.25. The number of rotatable bonds is 2. The summed E-state index contributed by atoms with van der Waals surface area (Å²) in [5.41, 5.74) is 2.20. The van der Waals surface area contributed by atoms with Gasteiger partial charge in [-0.05, 0) is 48.9 Å². The van der Waals surface area contributed by atoms with E-state index in [9.17, 15) is 9.59 Å². The Labute approximate surface area is 164 Å². The highest BCUT2D eigenvalue weighted by atomic mass is 35.5. The second kappa shape index (κ2) is 6.42. The minimum atomic E-state index is -0.281. The van der Waals surface area contributed by atoms with E-state index in [0.29, 0.717) is 39.2 Å². The molecule has 4 aromatic rings. The van der Waals surface area contributed by atoms with Gasteiger partial charge < -0.3 is 5.32 Å². The van der Waals surface area contributed by atoms with Crippen molar-refractivity contribution in [3.05, 3.63) is 75.4 Å². The zero-order valence-corrected chi connectivity index (χ0v) is 15.5. The summed E-state index contributed by atoms with van der Waals surface area (Å²) in [6.07, 6.45) is 3.36. The molecule has 2 aromatic heterocycles. The van der Waals surface area contributed by atoms with E-state index in [1.54, 1.807) is 47.2 Å². The van der Waals surface area contributed by atoms with Gasteiger partial charge in [0.05, 0.1) is 27.1 Å². The highest BCUT2D eigenvalue weighted by Crippen LogP contribution is 2.28. The van der Waals surface area contributed by atoms with Crippen LogP contribution >= 0.6 is 11.6 Å². The summed E-state index contributed by atoms with van der Waals surface area (Å²) < 4.78 is 1.72. The van der Waals surface area contributed by atoms with Gasteiger partial charge >= 0.3 is 0 Å². The third kappa shape index (κ3) is 2.65. The lowest BCUT2D eigenvalue weighted by Gasteiger charge is -2.10. The average molecular weight is 391 g/mol. The van der Waals surface area contributed by atoms with Gasteiger partial charge in [0.25, 0.3) is 11.5 Å². The first-order valence-corrected chi connectivity index (χ1v) is 9.38. The molecule has 0 aliphatic carbocycles. The summed E-state index contributed by atoms with van der Waals surface area (Å²) in [6, 6.07) is 12.1. The molecule has 0 spiro atoms. The van der Waals surface area contributed by atoms with Crippen molar-refractivity contribution in [2.24, 2.45) is 0 Å². The SMILES string of the molecule is O=C(Nc1ccc(Cl)c2ncccc12)c1ccc2c(=O)n3c(nc2c1)CCC3. The normalized spacial score (nSPS) is 13.0. The Bertz CT molecular complexity index is 1330. The van der Waals surface area contributed by atoms with E-state index in [1.165, 1.54) is 0 Å². The maximum absolute atomic E-state index is 12.8. The van der Waals surface area contributed by atoms with E-state index in [4.69, 9.17) is 11.6 Å². The quantitative estimate of drug-likeness (QED) is 0.564. The van der Waals surface area contributed by atoms with Crippen LogP contribution in [-0.2, 0) is 13.0 Å². The molecule has 1 aliphatic rings. The number of hydrogen-bond donors (Lipinski definition) is 1. The van der Waals surface area contributed by atoms with Gasteiger partial charge in [0.1, 0.15) is 5.82 Å². The summed E-state index contributed by atoms with van der Waals surface area (Å²) in [5, 5.41) is 4.73. The first kappa shape index (κ1) is 16.9. The van der Waals surface area contributed by atoms with Crippen LogP contribution in [0.4, 0.5) is 5.69 Å². The lowest BCUT2D eigenvalue weighted by molar-refractivity contribution is 0.102. The number of carbonyl (C=O) groups is 1. The standard InChI is InChI=1S/C21H15ClN4O2/c22-15-7-8-16(13-3-1-9-23-19(13)15)25-20(27)12-5-6-14-17(11-12)24-18-4-2-10-26(18)21(14)28/h1,3,5-9,11H,2,4,10H2,(H,25,27). The van der Waals surface area contributed by atoms with Crippen molar-refractivity contribution in [3.8, 4) is 0 Å². The van der Waals surface area contributed by atoms with Crippen LogP contribution in [-0.4, -0.2) is 20.4 Å². The largest absolute Gasteiger partial charge is 0.321 e. The van der Waals surface area contributed by atoms with Crippen LogP contribution in [0.5, 0.6) is 0 Å². The predicted octanol–water partition coefficient (Wildman–Crippen LogP) is 3.80. The third-order valence-corrected chi connectivity index (χ3v) is 5.35. The molecule has 7 heteroatoms. The van der Waals surface area contributed by atoms with Crippen molar-refractivity contribution in [2.45, 2.75) is 19.4 Å². The number of halogens is 1. The Balaban J connectivity index is 1.54. The lowest BCUT2D eigenvalue weighted by Crippen LogP contribution is -2.21. The summed E-state index contributed by atoms with van der Waals surface area (Å²) in [5.74, 6) is 0.501. The molecule has 0 saturated heterocycles. The van der Waals surface area contributed by atoms with Crippen LogP contribution in [0.25, 0.3) is 21.8 Å². The van der Waals surface area contributed by atoms with Gasteiger partial charge in [-0.15, -0.1) is 0 Å². The predicted molar refractivity (Wildman–Crippen MR) is 109 cm³/mol. The lowest BCUT2D eigenvalue weighted by atomic mass is 10.1. The fourth-order valence-corrected chi connectivity index (χ4v) is 3.88. The molecule has 0 radical (unpaired) electrons. The number of nitrogens with zero attached hydrogens (tertiary/aromatic N) is 3. The number of hydrogen-bond acceptors (Lipinski definition) is 4. The number of nitrogens with one attached hydrogen (secondary N) is 1. The van der Waals surface area contributed by atoms with Crippen molar-refractivity contribution in [3.63, 3.8) is 0 Å². The smallest absolute Gasteiger partial charge is 0.261 e. The van der Waals surface area contributed by atoms with E-state index in [2.05, 4.69) is 15.3 Å². The van der Waals surface area contributed by atoms with E-state index >= 15 is 0 Å². The van der Waals surface area contributed by atoms with Gasteiger partial charge in [0.2, 0.25) is 0 Å². The van der Waals surface area contributed by atoms with Gasteiger partial charge in [-0.2, -0.15) is 0 Å². The van der Waals surface area contributed by atoms with Crippen LogP contribution in [0.1, 0.15) is 22.6 Å². The molecule has 0 fully saturated rings. The Kier molecular flexibility index (Phi) is 3.87. The molecule has 28 heavy (non-hydrogen) atoms. The number of fused-ring (bicyclic) bond motifs is 3. The molecule has 0 atom stereocenters. The van der Waals surface area contributed by atoms with Gasteiger partial charge in [-0.25, -0.2) is 4.98 Å². The number of amides is 1.